The maximum Gasteiger partial charge on any atom is 0.320 e. The van der Waals surface area contributed by atoms with E-state index in [2.05, 4.69) is 17.9 Å². The van der Waals surface area contributed by atoms with Crippen molar-refractivity contribution >= 4 is 49.7 Å². The average molecular weight is 594 g/mol. The van der Waals surface area contributed by atoms with Gasteiger partial charge in [-0.15, -0.1) is 5.10 Å². The maximum atomic E-state index is 13.5. The zero-order valence-electron chi connectivity index (χ0n) is 23.4. The number of fused-ring (bicyclic) bond motifs is 1. The van der Waals surface area contributed by atoms with E-state index in [-0.39, 0.29) is 17.9 Å². The number of hydrogen-bond acceptors (Lipinski definition) is 9. The third-order valence-electron chi connectivity index (χ3n) is 7.91. The van der Waals surface area contributed by atoms with Crippen molar-refractivity contribution in [2.24, 2.45) is 0 Å². The molecule has 6 rings (SSSR count). The van der Waals surface area contributed by atoms with Crippen LogP contribution in [0.1, 0.15) is 43.2 Å². The summed E-state index contributed by atoms with van der Waals surface area (Å²) in [5.41, 5.74) is 2.11. The van der Waals surface area contributed by atoms with Crippen molar-refractivity contribution in [3.63, 3.8) is 0 Å². The third-order valence-corrected chi connectivity index (χ3v) is 9.91. The van der Waals surface area contributed by atoms with E-state index < -0.39 is 0 Å². The Morgan fingerprint density at radius 2 is 1.88 bits per heavy atom. The van der Waals surface area contributed by atoms with E-state index in [4.69, 9.17) is 15.1 Å². The molecule has 1 unspecified atom stereocenters. The van der Waals surface area contributed by atoms with Crippen LogP contribution < -0.4 is 9.80 Å². The van der Waals surface area contributed by atoms with E-state index in [1.54, 1.807) is 23.5 Å². The number of hydrogen-bond donors (Lipinski definition) is 0. The van der Waals surface area contributed by atoms with E-state index in [0.29, 0.717) is 27.7 Å². The maximum absolute atomic E-state index is 13.5. The number of nitrogens with zero attached hydrogens (tertiary/aromatic N) is 9. The van der Waals surface area contributed by atoms with Crippen molar-refractivity contribution in [1.29, 1.82) is 5.26 Å². The Labute approximate surface area is 246 Å². The van der Waals surface area contributed by atoms with Crippen LogP contribution in [0.15, 0.2) is 24.3 Å². The lowest BCUT2D eigenvalue weighted by molar-refractivity contribution is 0.150. The van der Waals surface area contributed by atoms with Gasteiger partial charge in [-0.05, 0) is 56.4 Å². The summed E-state index contributed by atoms with van der Waals surface area (Å²) < 4.78 is 15.4. The van der Waals surface area contributed by atoms with Gasteiger partial charge < -0.3 is 19.6 Å². The molecule has 0 N–H and O–H groups in total. The molecule has 214 valence electrons. The molecule has 2 aliphatic rings. The molecule has 0 aliphatic carbocycles. The predicted octanol–water partition coefficient (Wildman–Crippen LogP) is 5.37. The predicted molar refractivity (Wildman–Crippen MR) is 160 cm³/mol. The third kappa shape index (κ3) is 5.10. The van der Waals surface area contributed by atoms with E-state index >= 15 is 0 Å². The Hall–Kier alpha value is -3.76. The Morgan fingerprint density at radius 3 is 2.59 bits per heavy atom. The first-order valence-electron chi connectivity index (χ1n) is 13.9. The molecular weight excluding hydrogens is 562 g/mol. The Balaban J connectivity index is 1.28. The summed E-state index contributed by atoms with van der Waals surface area (Å²) in [5, 5.41) is 16.3. The van der Waals surface area contributed by atoms with Crippen LogP contribution in [0.3, 0.4) is 0 Å². The number of likely N-dealkylation sites (N-methyl/N-ethyl adjacent to an activating group) is 1. The number of likely N-dealkylation sites (tertiary alicyclic amines) is 1. The number of anilines is 3. The molecule has 2 amide bonds. The first kappa shape index (κ1) is 27.4. The lowest BCUT2D eigenvalue weighted by Gasteiger charge is -2.38. The van der Waals surface area contributed by atoms with Crippen molar-refractivity contribution in [3.8, 4) is 17.3 Å². The molecule has 41 heavy (non-hydrogen) atoms. The molecule has 4 aromatic rings. The molecule has 1 aromatic carbocycles. The smallest absolute Gasteiger partial charge is 0.320 e. The minimum Gasteiger partial charge on any atom is -0.345 e. The SMILES string of the molecule is CCc1nc2sc(N3CCCC(N(C)C(=O)N4CCCC4)C3)nn2c1N(C)c1nc(-c2ccc(F)cc2)c(C#N)s1. The average Bonchev–Trinajstić information content (AvgIpc) is 3.80. The van der Waals surface area contributed by atoms with Crippen LogP contribution >= 0.6 is 22.7 Å². The highest BCUT2D eigenvalue weighted by Gasteiger charge is 2.32. The van der Waals surface area contributed by atoms with Gasteiger partial charge in [0, 0.05) is 45.8 Å². The summed E-state index contributed by atoms with van der Waals surface area (Å²) in [4.78, 5) is 32.0. The summed E-state index contributed by atoms with van der Waals surface area (Å²) in [7, 11) is 3.83. The molecular formula is C28H32FN9OS2. The first-order chi connectivity index (χ1) is 19.9. The molecule has 0 spiro atoms. The number of thiazole rings is 1. The van der Waals surface area contributed by atoms with Crippen molar-refractivity contribution in [2.75, 3.05) is 50.1 Å². The van der Waals surface area contributed by atoms with Gasteiger partial charge in [0.25, 0.3) is 0 Å². The fourth-order valence-electron chi connectivity index (χ4n) is 5.62. The van der Waals surface area contributed by atoms with Gasteiger partial charge in [-0.2, -0.15) is 9.78 Å². The molecule has 2 fully saturated rings. The van der Waals surface area contributed by atoms with Crippen molar-refractivity contribution in [2.45, 2.75) is 45.1 Å². The summed E-state index contributed by atoms with van der Waals surface area (Å²) in [6, 6.07) is 8.52. The fraction of sp³-hybridized carbons (Fsp3) is 0.464. The van der Waals surface area contributed by atoms with E-state index in [9.17, 15) is 14.4 Å². The Morgan fingerprint density at radius 1 is 1.12 bits per heavy atom. The summed E-state index contributed by atoms with van der Waals surface area (Å²) >= 11 is 2.83. The number of halogens is 1. The minimum atomic E-state index is -0.335. The molecule has 2 aliphatic heterocycles. The van der Waals surface area contributed by atoms with Gasteiger partial charge in [0.1, 0.15) is 22.5 Å². The van der Waals surface area contributed by atoms with Crippen LogP contribution in [-0.2, 0) is 6.42 Å². The monoisotopic (exact) mass is 593 g/mol. The highest BCUT2D eigenvalue weighted by Crippen LogP contribution is 2.38. The number of imidazole rings is 1. The van der Waals surface area contributed by atoms with Gasteiger partial charge in [-0.25, -0.2) is 19.2 Å². The van der Waals surface area contributed by atoms with Crippen LogP contribution in [-0.4, -0.2) is 81.7 Å². The molecule has 5 heterocycles. The Kier molecular flexibility index (Phi) is 7.52. The second-order valence-corrected chi connectivity index (χ2v) is 12.4. The van der Waals surface area contributed by atoms with Crippen LogP contribution in [0.4, 0.5) is 25.3 Å². The second-order valence-electron chi connectivity index (χ2n) is 10.5. The van der Waals surface area contributed by atoms with Crippen molar-refractivity contribution < 1.29 is 9.18 Å². The molecule has 0 bridgehead atoms. The van der Waals surface area contributed by atoms with Crippen LogP contribution in [0.5, 0.6) is 0 Å². The van der Waals surface area contributed by atoms with Gasteiger partial charge in [0.05, 0.1) is 11.7 Å². The second kappa shape index (κ2) is 11.3. The summed E-state index contributed by atoms with van der Waals surface area (Å²) in [6.07, 6.45) is 4.84. The van der Waals surface area contributed by atoms with Gasteiger partial charge in [-0.3, -0.25) is 0 Å². The molecule has 2 saturated heterocycles. The van der Waals surface area contributed by atoms with Gasteiger partial charge >= 0.3 is 6.03 Å². The quantitative estimate of drug-likeness (QED) is 0.297. The zero-order chi connectivity index (χ0) is 28.7. The molecule has 13 heteroatoms. The molecule has 3 aromatic heterocycles. The standard InChI is InChI=1S/C28H32FN9OS2/c1-4-21-24(35(3)25-32-23(22(16-30)40-25)18-9-11-19(29)12-10-18)38-26(31-21)41-27(33-38)37-15-7-8-20(17-37)34(2)28(39)36-13-5-6-14-36/h9-12,20H,4-8,13-15,17H2,1-3H3. The Bertz CT molecular complexity index is 1600. The number of piperidine rings is 1. The minimum absolute atomic E-state index is 0.125. The first-order valence-corrected chi connectivity index (χ1v) is 15.6. The lowest BCUT2D eigenvalue weighted by Crippen LogP contribution is -2.52. The van der Waals surface area contributed by atoms with Gasteiger partial charge in [0.2, 0.25) is 10.1 Å². The van der Waals surface area contributed by atoms with Crippen LogP contribution in [0, 0.1) is 17.1 Å². The topological polar surface area (TPSA) is 96.9 Å². The lowest BCUT2D eigenvalue weighted by atomic mass is 10.1. The van der Waals surface area contributed by atoms with E-state index in [1.807, 2.05) is 33.3 Å². The fourth-order valence-corrected chi connectivity index (χ4v) is 7.42. The zero-order valence-corrected chi connectivity index (χ0v) is 25.0. The van der Waals surface area contributed by atoms with E-state index in [0.717, 1.165) is 73.5 Å². The largest absolute Gasteiger partial charge is 0.345 e. The molecule has 0 radical (unpaired) electrons. The number of urea groups is 1. The number of benzene rings is 1. The van der Waals surface area contributed by atoms with Crippen molar-refractivity contribution in [1.82, 2.24) is 29.4 Å². The molecule has 1 atom stereocenters. The summed E-state index contributed by atoms with van der Waals surface area (Å²) in [5.74, 6) is 0.474. The van der Waals surface area contributed by atoms with Crippen molar-refractivity contribution in [3.05, 3.63) is 40.7 Å². The van der Waals surface area contributed by atoms with Gasteiger partial charge in [0.15, 0.2) is 10.9 Å². The number of amides is 2. The normalized spacial score (nSPS) is 17.3. The van der Waals surface area contributed by atoms with E-state index in [1.165, 1.54) is 23.5 Å². The number of aromatic nitrogens is 4. The highest BCUT2D eigenvalue weighted by molar-refractivity contribution is 7.20. The molecule has 10 nitrogen and oxygen atoms in total. The number of rotatable bonds is 6. The number of carbonyl (C=O) groups is 1. The number of aryl methyl sites for hydroxylation is 1. The van der Waals surface area contributed by atoms with Crippen LogP contribution in [0.25, 0.3) is 16.2 Å². The van der Waals surface area contributed by atoms with Crippen LogP contribution in [0.2, 0.25) is 0 Å². The highest BCUT2D eigenvalue weighted by atomic mass is 32.1. The summed E-state index contributed by atoms with van der Waals surface area (Å²) in [6.45, 7) is 5.36. The molecule has 0 saturated carbocycles. The number of carbonyl (C=O) groups excluding carboxylic acids is 1. The number of nitriles is 1. The van der Waals surface area contributed by atoms with Gasteiger partial charge in [-0.1, -0.05) is 29.6 Å².